The molecule has 0 unspecified atom stereocenters. The van der Waals surface area contributed by atoms with E-state index in [1.54, 1.807) is 12.1 Å². The Kier molecular flexibility index (Phi) is 3.46. The van der Waals surface area contributed by atoms with Crippen molar-refractivity contribution in [2.24, 2.45) is 0 Å². The zero-order valence-electron chi connectivity index (χ0n) is 8.37. The van der Waals surface area contributed by atoms with Crippen LogP contribution in [0.1, 0.15) is 24.8 Å². The van der Waals surface area contributed by atoms with Crippen molar-refractivity contribution >= 4 is 11.6 Å². The van der Waals surface area contributed by atoms with Gasteiger partial charge in [0.2, 0.25) is 0 Å². The molecular formula is C11H14ClNO2. The average Bonchev–Trinajstić information content (AvgIpc) is 2.14. The van der Waals surface area contributed by atoms with Gasteiger partial charge in [-0.15, -0.1) is 0 Å². The summed E-state index contributed by atoms with van der Waals surface area (Å²) in [4.78, 5) is 0. The summed E-state index contributed by atoms with van der Waals surface area (Å²) in [5, 5.41) is 9.35. The van der Waals surface area contributed by atoms with Crippen LogP contribution in [0.4, 0.5) is 0 Å². The third-order valence-electron chi connectivity index (χ3n) is 2.64. The molecule has 0 aliphatic heterocycles. The van der Waals surface area contributed by atoms with Gasteiger partial charge in [-0.3, -0.25) is 0 Å². The van der Waals surface area contributed by atoms with Crippen molar-refractivity contribution in [3.63, 3.8) is 0 Å². The van der Waals surface area contributed by atoms with E-state index in [1.807, 2.05) is 6.07 Å². The molecule has 1 aromatic rings. The number of ether oxygens (including phenoxy) is 1. The minimum Gasteiger partial charge on any atom is -0.490 e. The number of hydrogen-bond donors (Lipinski definition) is 2. The van der Waals surface area contributed by atoms with E-state index >= 15 is 0 Å². The molecule has 2 N–H and O–H groups in total. The van der Waals surface area contributed by atoms with Crippen LogP contribution in [-0.4, -0.2) is 11.3 Å². The van der Waals surface area contributed by atoms with Gasteiger partial charge in [-0.1, -0.05) is 11.6 Å². The molecule has 0 amide bonds. The van der Waals surface area contributed by atoms with E-state index in [0.717, 1.165) is 24.2 Å². The molecule has 1 saturated carbocycles. The van der Waals surface area contributed by atoms with Crippen molar-refractivity contribution in [3.8, 4) is 5.75 Å². The molecule has 0 heterocycles. The van der Waals surface area contributed by atoms with Crippen molar-refractivity contribution < 1.29 is 9.94 Å². The van der Waals surface area contributed by atoms with Gasteiger partial charge >= 0.3 is 0 Å². The fraction of sp³-hybridized carbons (Fsp3) is 0.455. The SMILES string of the molecule is ONCc1cc(Cl)ccc1OC1CCC1. The molecule has 0 radical (unpaired) electrons. The molecule has 1 aliphatic carbocycles. The van der Waals surface area contributed by atoms with Gasteiger partial charge in [0.1, 0.15) is 5.75 Å². The largest absolute Gasteiger partial charge is 0.490 e. The Morgan fingerprint density at radius 3 is 2.87 bits per heavy atom. The third kappa shape index (κ3) is 2.62. The average molecular weight is 228 g/mol. The molecule has 4 heteroatoms. The third-order valence-corrected chi connectivity index (χ3v) is 2.87. The maximum absolute atomic E-state index is 8.69. The van der Waals surface area contributed by atoms with E-state index in [0.29, 0.717) is 17.7 Å². The Labute approximate surface area is 94.0 Å². The molecule has 0 saturated heterocycles. The molecule has 1 aliphatic rings. The quantitative estimate of drug-likeness (QED) is 0.778. The fourth-order valence-electron chi connectivity index (χ4n) is 1.55. The van der Waals surface area contributed by atoms with Gasteiger partial charge in [0.15, 0.2) is 0 Å². The van der Waals surface area contributed by atoms with Gasteiger partial charge in [0, 0.05) is 17.1 Å². The van der Waals surface area contributed by atoms with Crippen LogP contribution >= 0.6 is 11.6 Å². The minimum atomic E-state index is 0.337. The summed E-state index contributed by atoms with van der Waals surface area (Å²) in [5.74, 6) is 0.811. The van der Waals surface area contributed by atoms with Gasteiger partial charge in [-0.2, -0.15) is 0 Å². The number of hydroxylamine groups is 1. The summed E-state index contributed by atoms with van der Waals surface area (Å²) in [5.41, 5.74) is 3.01. The lowest BCUT2D eigenvalue weighted by Crippen LogP contribution is -2.25. The van der Waals surface area contributed by atoms with Crippen LogP contribution in [0.3, 0.4) is 0 Å². The van der Waals surface area contributed by atoms with Crippen LogP contribution in [0.5, 0.6) is 5.75 Å². The van der Waals surface area contributed by atoms with Crippen molar-refractivity contribution in [1.29, 1.82) is 0 Å². The Morgan fingerprint density at radius 2 is 2.27 bits per heavy atom. The number of hydrogen-bond acceptors (Lipinski definition) is 3. The van der Waals surface area contributed by atoms with E-state index in [2.05, 4.69) is 5.48 Å². The first-order chi connectivity index (χ1) is 7.29. The summed E-state index contributed by atoms with van der Waals surface area (Å²) in [7, 11) is 0. The monoisotopic (exact) mass is 227 g/mol. The standard InChI is InChI=1S/C11H14ClNO2/c12-9-4-5-11(8(6-9)7-13-14)15-10-2-1-3-10/h4-6,10,13-14H,1-3,7H2. The first-order valence-electron chi connectivity index (χ1n) is 5.11. The lowest BCUT2D eigenvalue weighted by molar-refractivity contribution is 0.115. The van der Waals surface area contributed by atoms with Gasteiger partial charge in [0.05, 0.1) is 6.10 Å². The highest BCUT2D eigenvalue weighted by molar-refractivity contribution is 6.30. The lowest BCUT2D eigenvalue weighted by Gasteiger charge is -2.27. The number of benzene rings is 1. The molecule has 0 aromatic heterocycles. The number of nitrogens with one attached hydrogen (secondary N) is 1. The maximum atomic E-state index is 8.69. The maximum Gasteiger partial charge on any atom is 0.124 e. The number of halogens is 1. The molecular weight excluding hydrogens is 214 g/mol. The van der Waals surface area contributed by atoms with E-state index in [9.17, 15) is 0 Å². The van der Waals surface area contributed by atoms with Gasteiger partial charge < -0.3 is 9.94 Å². The second-order valence-corrected chi connectivity index (χ2v) is 4.19. The van der Waals surface area contributed by atoms with Gasteiger partial charge in [-0.05, 0) is 37.5 Å². The molecule has 0 spiro atoms. The Balaban J connectivity index is 2.12. The molecule has 0 atom stereocenters. The Morgan fingerprint density at radius 1 is 1.47 bits per heavy atom. The van der Waals surface area contributed by atoms with Crippen LogP contribution in [0.15, 0.2) is 18.2 Å². The van der Waals surface area contributed by atoms with E-state index < -0.39 is 0 Å². The summed E-state index contributed by atoms with van der Waals surface area (Å²) < 4.78 is 5.78. The summed E-state index contributed by atoms with van der Waals surface area (Å²) in [6.45, 7) is 0.350. The fourth-order valence-corrected chi connectivity index (χ4v) is 1.75. The predicted octanol–water partition coefficient (Wildman–Crippen LogP) is 2.75. The normalized spacial score (nSPS) is 16.1. The zero-order valence-corrected chi connectivity index (χ0v) is 9.13. The van der Waals surface area contributed by atoms with Crippen molar-refractivity contribution in [2.75, 3.05) is 0 Å². The van der Waals surface area contributed by atoms with Gasteiger partial charge in [-0.25, -0.2) is 5.48 Å². The minimum absolute atomic E-state index is 0.337. The smallest absolute Gasteiger partial charge is 0.124 e. The predicted molar refractivity (Wildman–Crippen MR) is 58.3 cm³/mol. The van der Waals surface area contributed by atoms with Gasteiger partial charge in [0.25, 0.3) is 0 Å². The highest BCUT2D eigenvalue weighted by atomic mass is 35.5. The van der Waals surface area contributed by atoms with E-state index in [1.165, 1.54) is 6.42 Å². The van der Waals surface area contributed by atoms with Crippen LogP contribution in [0.2, 0.25) is 5.02 Å². The van der Waals surface area contributed by atoms with Crippen molar-refractivity contribution in [1.82, 2.24) is 5.48 Å². The second-order valence-electron chi connectivity index (χ2n) is 3.76. The molecule has 0 bridgehead atoms. The molecule has 1 aromatic carbocycles. The Hall–Kier alpha value is -0.770. The van der Waals surface area contributed by atoms with E-state index in [-0.39, 0.29) is 0 Å². The van der Waals surface area contributed by atoms with Crippen LogP contribution < -0.4 is 10.2 Å². The van der Waals surface area contributed by atoms with Crippen LogP contribution in [0, 0.1) is 0 Å². The summed E-state index contributed by atoms with van der Waals surface area (Å²) in [6.07, 6.45) is 3.82. The zero-order chi connectivity index (χ0) is 10.7. The van der Waals surface area contributed by atoms with Crippen LogP contribution in [-0.2, 0) is 6.54 Å². The van der Waals surface area contributed by atoms with Crippen molar-refractivity contribution in [2.45, 2.75) is 31.9 Å². The lowest BCUT2D eigenvalue weighted by atomic mass is 9.96. The van der Waals surface area contributed by atoms with Crippen molar-refractivity contribution in [3.05, 3.63) is 28.8 Å². The van der Waals surface area contributed by atoms with Crippen LogP contribution in [0.25, 0.3) is 0 Å². The molecule has 82 valence electrons. The first-order valence-corrected chi connectivity index (χ1v) is 5.49. The molecule has 15 heavy (non-hydrogen) atoms. The van der Waals surface area contributed by atoms with E-state index in [4.69, 9.17) is 21.5 Å². The topological polar surface area (TPSA) is 41.5 Å². The molecule has 1 fully saturated rings. The highest BCUT2D eigenvalue weighted by Gasteiger charge is 2.20. The highest BCUT2D eigenvalue weighted by Crippen LogP contribution is 2.29. The second kappa shape index (κ2) is 4.84. The number of rotatable bonds is 4. The Bertz CT molecular complexity index is 339. The summed E-state index contributed by atoms with van der Waals surface area (Å²) >= 11 is 5.87. The molecule has 3 nitrogen and oxygen atoms in total. The molecule has 2 rings (SSSR count). The summed E-state index contributed by atoms with van der Waals surface area (Å²) in [6, 6.07) is 5.46. The first kappa shape index (κ1) is 10.7.